The first-order valence-electron chi connectivity index (χ1n) is 5.86. The number of ketones is 1. The Kier molecular flexibility index (Phi) is 3.99. The van der Waals surface area contributed by atoms with E-state index < -0.39 is 5.82 Å². The van der Waals surface area contributed by atoms with Crippen LogP contribution in [0.1, 0.15) is 29.4 Å². The van der Waals surface area contributed by atoms with E-state index in [4.69, 9.17) is 5.73 Å². The van der Waals surface area contributed by atoms with Gasteiger partial charge in [-0.2, -0.15) is 5.10 Å². The largest absolute Gasteiger partial charge is 0.396 e. The number of benzene rings is 1. The molecular formula is C13H13BrFN3O. The molecule has 19 heavy (non-hydrogen) atoms. The number of aromatic nitrogens is 2. The molecule has 0 aliphatic rings. The lowest BCUT2D eigenvalue weighted by Crippen LogP contribution is -2.14. The molecule has 0 radical (unpaired) electrons. The predicted octanol–water partition coefficient (Wildman–Crippen LogP) is 3.01. The fourth-order valence-electron chi connectivity index (χ4n) is 1.83. The number of hydrogen-bond acceptors (Lipinski definition) is 3. The summed E-state index contributed by atoms with van der Waals surface area (Å²) in [5, 5.41) is 4.12. The van der Waals surface area contributed by atoms with Gasteiger partial charge in [0.1, 0.15) is 11.5 Å². The van der Waals surface area contributed by atoms with Crippen LogP contribution in [-0.2, 0) is 6.54 Å². The van der Waals surface area contributed by atoms with Gasteiger partial charge in [0.05, 0.1) is 21.9 Å². The van der Waals surface area contributed by atoms with Gasteiger partial charge in [0.2, 0.25) is 5.78 Å². The fraction of sp³-hybridized carbons (Fsp3) is 0.231. The molecule has 2 rings (SSSR count). The Balaban J connectivity index is 2.50. The van der Waals surface area contributed by atoms with Crippen LogP contribution in [0.2, 0.25) is 0 Å². The van der Waals surface area contributed by atoms with E-state index in [1.54, 1.807) is 10.9 Å². The van der Waals surface area contributed by atoms with Crippen molar-refractivity contribution in [2.45, 2.75) is 19.9 Å². The Bertz CT molecular complexity index is 624. The van der Waals surface area contributed by atoms with Crippen LogP contribution in [0.5, 0.6) is 0 Å². The second-order valence-electron chi connectivity index (χ2n) is 4.09. The molecule has 1 heterocycles. The van der Waals surface area contributed by atoms with Crippen molar-refractivity contribution in [2.75, 3.05) is 5.73 Å². The highest BCUT2D eigenvalue weighted by Gasteiger charge is 2.21. The molecule has 0 saturated carbocycles. The van der Waals surface area contributed by atoms with Gasteiger partial charge in [0, 0.05) is 6.54 Å². The number of halogens is 2. The van der Waals surface area contributed by atoms with Crippen molar-refractivity contribution < 1.29 is 9.18 Å². The van der Waals surface area contributed by atoms with E-state index in [1.165, 1.54) is 18.2 Å². The third-order valence-corrected chi connectivity index (χ3v) is 3.32. The van der Waals surface area contributed by atoms with Crippen LogP contribution < -0.4 is 5.73 Å². The van der Waals surface area contributed by atoms with E-state index in [9.17, 15) is 9.18 Å². The quantitative estimate of drug-likeness (QED) is 0.694. The van der Waals surface area contributed by atoms with E-state index in [0.717, 1.165) is 6.42 Å². The van der Waals surface area contributed by atoms with Gasteiger partial charge in [-0.05, 0) is 34.5 Å². The third kappa shape index (κ3) is 2.53. The van der Waals surface area contributed by atoms with Crippen LogP contribution in [0, 0.1) is 5.82 Å². The van der Waals surface area contributed by atoms with E-state index in [2.05, 4.69) is 21.0 Å². The van der Waals surface area contributed by atoms with Crippen molar-refractivity contribution in [2.24, 2.45) is 0 Å². The third-order valence-electron chi connectivity index (χ3n) is 2.74. The van der Waals surface area contributed by atoms with Gasteiger partial charge in [-0.25, -0.2) is 4.39 Å². The average Bonchev–Trinajstić information content (AvgIpc) is 2.74. The second-order valence-corrected chi connectivity index (χ2v) is 4.95. The van der Waals surface area contributed by atoms with Crippen molar-refractivity contribution in [1.82, 2.24) is 9.78 Å². The smallest absolute Gasteiger partial charge is 0.214 e. The molecule has 1 aromatic carbocycles. The number of nitrogens with zero attached hydrogens (tertiary/aromatic N) is 2. The van der Waals surface area contributed by atoms with Gasteiger partial charge >= 0.3 is 0 Å². The molecule has 2 N–H and O–H groups in total. The first kappa shape index (κ1) is 13.7. The minimum atomic E-state index is -0.594. The predicted molar refractivity (Wildman–Crippen MR) is 74.5 cm³/mol. The molecular weight excluding hydrogens is 313 g/mol. The fourth-order valence-corrected chi connectivity index (χ4v) is 2.31. The zero-order valence-electron chi connectivity index (χ0n) is 10.4. The van der Waals surface area contributed by atoms with Crippen LogP contribution >= 0.6 is 15.9 Å². The minimum Gasteiger partial charge on any atom is -0.396 e. The summed E-state index contributed by atoms with van der Waals surface area (Å²) in [4.78, 5) is 12.5. The minimum absolute atomic E-state index is 0.136. The molecule has 0 aliphatic heterocycles. The summed E-state index contributed by atoms with van der Waals surface area (Å²) in [6.07, 6.45) is 2.39. The van der Waals surface area contributed by atoms with Gasteiger partial charge in [0.15, 0.2) is 0 Å². The number of para-hydroxylation sites is 1. The molecule has 4 nitrogen and oxygen atoms in total. The summed E-state index contributed by atoms with van der Waals surface area (Å²) in [6.45, 7) is 2.60. The molecule has 0 aliphatic carbocycles. The van der Waals surface area contributed by atoms with E-state index in [-0.39, 0.29) is 17.0 Å². The highest BCUT2D eigenvalue weighted by Crippen LogP contribution is 2.24. The summed E-state index contributed by atoms with van der Waals surface area (Å²) in [5.41, 5.74) is 6.03. The number of aryl methyl sites for hydroxylation is 1. The standard InChI is InChI=1S/C13H13BrFN3O/c1-2-6-18-12(9(14)7-17-18)13(19)8-4-3-5-10(15)11(8)16/h3-5,7H,2,6,16H2,1H3. The number of hydrogen-bond donors (Lipinski definition) is 1. The maximum Gasteiger partial charge on any atom is 0.214 e. The monoisotopic (exact) mass is 325 g/mol. The zero-order valence-corrected chi connectivity index (χ0v) is 11.9. The van der Waals surface area contributed by atoms with Crippen LogP contribution in [-0.4, -0.2) is 15.6 Å². The van der Waals surface area contributed by atoms with Crippen LogP contribution in [0.15, 0.2) is 28.9 Å². The number of carbonyl (C=O) groups excluding carboxylic acids is 1. The number of carbonyl (C=O) groups is 1. The molecule has 0 amide bonds. The molecule has 0 atom stereocenters. The normalized spacial score (nSPS) is 10.7. The van der Waals surface area contributed by atoms with Crippen molar-refractivity contribution in [3.8, 4) is 0 Å². The summed E-state index contributed by atoms with van der Waals surface area (Å²) in [7, 11) is 0. The molecule has 0 unspecified atom stereocenters. The van der Waals surface area contributed by atoms with Gasteiger partial charge in [0.25, 0.3) is 0 Å². The SMILES string of the molecule is CCCn1ncc(Br)c1C(=O)c1cccc(F)c1N. The molecule has 100 valence electrons. The maximum atomic E-state index is 13.4. The summed E-state index contributed by atoms with van der Waals surface area (Å²) in [5.74, 6) is -0.932. The van der Waals surface area contributed by atoms with Crippen molar-refractivity contribution >= 4 is 27.4 Å². The average molecular weight is 326 g/mol. The highest BCUT2D eigenvalue weighted by molar-refractivity contribution is 9.10. The van der Waals surface area contributed by atoms with Crippen LogP contribution in [0.3, 0.4) is 0 Å². The van der Waals surface area contributed by atoms with Gasteiger partial charge in [-0.1, -0.05) is 13.0 Å². The van der Waals surface area contributed by atoms with E-state index >= 15 is 0 Å². The molecule has 0 saturated heterocycles. The lowest BCUT2D eigenvalue weighted by atomic mass is 10.1. The number of rotatable bonds is 4. The second kappa shape index (κ2) is 5.52. The van der Waals surface area contributed by atoms with Crippen LogP contribution in [0.4, 0.5) is 10.1 Å². The number of anilines is 1. The van der Waals surface area contributed by atoms with Gasteiger partial charge in [-0.3, -0.25) is 9.48 Å². The number of nitrogens with two attached hydrogens (primary N) is 1. The highest BCUT2D eigenvalue weighted by atomic mass is 79.9. The van der Waals surface area contributed by atoms with E-state index in [1.807, 2.05) is 6.92 Å². The molecule has 1 aromatic heterocycles. The van der Waals surface area contributed by atoms with Gasteiger partial charge in [-0.15, -0.1) is 0 Å². The summed E-state index contributed by atoms with van der Waals surface area (Å²) < 4.78 is 15.6. The van der Waals surface area contributed by atoms with Crippen molar-refractivity contribution in [1.29, 1.82) is 0 Å². The molecule has 0 bridgehead atoms. The molecule has 0 spiro atoms. The lowest BCUT2D eigenvalue weighted by molar-refractivity contribution is 0.102. The molecule has 0 fully saturated rings. The Morgan fingerprint density at radius 3 is 2.95 bits per heavy atom. The van der Waals surface area contributed by atoms with Gasteiger partial charge < -0.3 is 5.73 Å². The Hall–Kier alpha value is -1.69. The number of nitrogen functional groups attached to an aromatic ring is 1. The Morgan fingerprint density at radius 2 is 2.26 bits per heavy atom. The van der Waals surface area contributed by atoms with E-state index in [0.29, 0.717) is 16.7 Å². The molecule has 6 heteroatoms. The summed E-state index contributed by atoms with van der Waals surface area (Å²) >= 11 is 3.29. The van der Waals surface area contributed by atoms with Crippen LogP contribution in [0.25, 0.3) is 0 Å². The Labute approximate surface area is 118 Å². The maximum absolute atomic E-state index is 13.4. The molecule has 2 aromatic rings. The zero-order chi connectivity index (χ0) is 14.0. The first-order valence-corrected chi connectivity index (χ1v) is 6.65. The summed E-state index contributed by atoms with van der Waals surface area (Å²) in [6, 6.07) is 4.20. The van der Waals surface area contributed by atoms with Crippen molar-refractivity contribution in [3.63, 3.8) is 0 Å². The first-order chi connectivity index (χ1) is 9.06. The lowest BCUT2D eigenvalue weighted by Gasteiger charge is -2.08. The van der Waals surface area contributed by atoms with Crippen molar-refractivity contribution in [3.05, 3.63) is 45.9 Å². The topological polar surface area (TPSA) is 60.9 Å². The Morgan fingerprint density at radius 1 is 1.53 bits per heavy atom.